The van der Waals surface area contributed by atoms with Crippen molar-refractivity contribution in [3.63, 3.8) is 0 Å². The highest BCUT2D eigenvalue weighted by atomic mass is 16.6. The van der Waals surface area contributed by atoms with E-state index in [4.69, 9.17) is 18.9 Å². The molecule has 5 unspecified atom stereocenters. The van der Waals surface area contributed by atoms with Crippen molar-refractivity contribution in [1.29, 1.82) is 0 Å². The van der Waals surface area contributed by atoms with Crippen LogP contribution in [0.2, 0.25) is 0 Å². The fourth-order valence-electron chi connectivity index (χ4n) is 13.4. The number of H-pyrrole nitrogens is 1. The summed E-state index contributed by atoms with van der Waals surface area (Å²) < 4.78 is 23.9. The van der Waals surface area contributed by atoms with E-state index >= 15 is 4.79 Å². The summed E-state index contributed by atoms with van der Waals surface area (Å²) in [4.78, 5) is 53.0. The average molecular weight is 797 g/mol. The van der Waals surface area contributed by atoms with E-state index in [1.165, 1.54) is 21.1 Å². The lowest BCUT2D eigenvalue weighted by Crippen LogP contribution is -2.81. The molecule has 0 radical (unpaired) electrons. The van der Waals surface area contributed by atoms with Crippen LogP contribution in [0.5, 0.6) is 5.75 Å². The van der Waals surface area contributed by atoms with E-state index in [1.54, 1.807) is 7.11 Å². The molecule has 9 rings (SSSR count). The number of methoxy groups -OCH3 is 3. The summed E-state index contributed by atoms with van der Waals surface area (Å²) >= 11 is 0. The van der Waals surface area contributed by atoms with Crippen molar-refractivity contribution in [3.8, 4) is 5.75 Å². The zero-order chi connectivity index (χ0) is 41.2. The Morgan fingerprint density at radius 2 is 1.74 bits per heavy atom. The molecule has 2 bridgehead atoms. The van der Waals surface area contributed by atoms with E-state index in [0.29, 0.717) is 76.1 Å². The van der Waals surface area contributed by atoms with Crippen LogP contribution in [0, 0.1) is 11.3 Å². The SMILES string of the molecule is CC[C@]12C=CCN3CCC4(c5cc([C@@]6(C(=O)OC)CC7CN(CCc8c6[nH]c6ccccc86)C[C@@](C)(O)C7)c(OC)cc5N(C)C4[C@@](O)(C(=O)OC)[C@@H]1OC(C)=O)C32. The van der Waals surface area contributed by atoms with Crippen molar-refractivity contribution in [1.82, 2.24) is 14.8 Å². The van der Waals surface area contributed by atoms with Gasteiger partial charge in [-0.25, -0.2) is 4.79 Å². The molecule has 6 aliphatic rings. The highest BCUT2D eigenvalue weighted by Gasteiger charge is 2.80. The number of aromatic amines is 1. The third-order valence-electron chi connectivity index (χ3n) is 15.0. The van der Waals surface area contributed by atoms with Crippen molar-refractivity contribution in [2.24, 2.45) is 11.3 Å². The number of nitrogens with zero attached hydrogens (tertiary/aromatic N) is 3. The van der Waals surface area contributed by atoms with Gasteiger partial charge in [-0.05, 0) is 74.8 Å². The summed E-state index contributed by atoms with van der Waals surface area (Å²) in [6.07, 6.45) is 5.32. The van der Waals surface area contributed by atoms with Crippen LogP contribution < -0.4 is 9.64 Å². The summed E-state index contributed by atoms with van der Waals surface area (Å²) in [5, 5.41) is 26.0. The van der Waals surface area contributed by atoms with Crippen LogP contribution in [0.3, 0.4) is 0 Å². The minimum Gasteiger partial charge on any atom is -0.496 e. The first kappa shape index (κ1) is 39.1. The number of carbonyl (C=O) groups excluding carboxylic acids is 3. The average Bonchev–Trinajstić information content (AvgIpc) is 3.86. The van der Waals surface area contributed by atoms with Crippen molar-refractivity contribution in [2.75, 3.05) is 66.0 Å². The van der Waals surface area contributed by atoms with Gasteiger partial charge in [0.1, 0.15) is 11.2 Å². The Kier molecular flexibility index (Phi) is 8.95. The van der Waals surface area contributed by atoms with Gasteiger partial charge in [0.15, 0.2) is 6.10 Å². The van der Waals surface area contributed by atoms with Crippen LogP contribution in [0.25, 0.3) is 10.9 Å². The number of piperidine rings is 1. The lowest BCUT2D eigenvalue weighted by atomic mass is 9.47. The van der Waals surface area contributed by atoms with Gasteiger partial charge in [-0.15, -0.1) is 0 Å². The van der Waals surface area contributed by atoms with Crippen LogP contribution in [0.15, 0.2) is 48.6 Å². The van der Waals surface area contributed by atoms with Gasteiger partial charge >= 0.3 is 17.9 Å². The molecule has 3 fully saturated rings. The highest BCUT2D eigenvalue weighted by Crippen LogP contribution is 2.68. The predicted octanol–water partition coefficient (Wildman–Crippen LogP) is 3.60. The number of fused-ring (bicyclic) bond motifs is 6. The van der Waals surface area contributed by atoms with E-state index in [2.05, 4.69) is 33.0 Å². The molecule has 10 atom stereocenters. The number of carbonyl (C=O) groups is 3. The Hall–Kier alpha value is -4.43. The van der Waals surface area contributed by atoms with Gasteiger partial charge in [0.2, 0.25) is 5.60 Å². The number of esters is 3. The molecule has 5 aliphatic heterocycles. The molecule has 6 heterocycles. The Labute approximate surface area is 339 Å². The maximum Gasteiger partial charge on any atom is 0.344 e. The molecule has 13 heteroatoms. The predicted molar refractivity (Wildman–Crippen MR) is 216 cm³/mol. The number of ether oxygens (including phenoxy) is 4. The topological polar surface area (TPSA) is 154 Å². The summed E-state index contributed by atoms with van der Waals surface area (Å²) in [5.74, 6) is -1.58. The fourth-order valence-corrected chi connectivity index (χ4v) is 13.4. The third kappa shape index (κ3) is 4.99. The first-order valence-corrected chi connectivity index (χ1v) is 20.7. The van der Waals surface area contributed by atoms with Gasteiger partial charge in [-0.2, -0.15) is 0 Å². The molecular weight excluding hydrogens is 741 g/mol. The Balaban J connectivity index is 1.37. The Bertz CT molecular complexity index is 2240. The second kappa shape index (κ2) is 13.3. The fraction of sp³-hybridized carbons (Fsp3) is 0.578. The molecule has 3 N–H and O–H groups in total. The molecule has 2 aromatic carbocycles. The summed E-state index contributed by atoms with van der Waals surface area (Å²) in [5.41, 5.74) is -1.68. The third-order valence-corrected chi connectivity index (χ3v) is 15.0. The summed E-state index contributed by atoms with van der Waals surface area (Å²) in [6, 6.07) is 10.9. The van der Waals surface area contributed by atoms with Crippen molar-refractivity contribution in [3.05, 3.63) is 70.9 Å². The molecule has 3 aromatic rings. The number of aromatic nitrogens is 1. The number of anilines is 1. The number of benzene rings is 2. The molecule has 2 saturated heterocycles. The standard InChI is InChI=1S/C45H56N4O9/c1-8-42-15-11-17-49-19-16-43(36(42)49)30-20-31(34(55-5)21-33(30)47(4)37(43)45(54,40(52)57-7)38(42)58-26(2)50)44(39(51)56-6)23-27-22-41(3,53)25-48(24-27)18-14-29-28-12-9-10-13-32(28)46-35(29)44/h9-13,15,20-21,27,36-38,46,53-54H,8,14,16-19,22-25H2,1-7H3/t27?,36?,37?,38-,41+,42-,43?,44+,45+/m1/s1. The zero-order valence-corrected chi connectivity index (χ0v) is 34.6. The second-order valence-corrected chi connectivity index (χ2v) is 18.1. The van der Waals surface area contributed by atoms with Crippen LogP contribution in [-0.4, -0.2) is 133 Å². The van der Waals surface area contributed by atoms with Gasteiger partial charge in [-0.3, -0.25) is 19.4 Å². The molecule has 58 heavy (non-hydrogen) atoms. The minimum absolute atomic E-state index is 0.103. The van der Waals surface area contributed by atoms with Gasteiger partial charge in [0.05, 0.1) is 33.0 Å². The number of hydrogen-bond donors (Lipinski definition) is 3. The molecule has 1 aromatic heterocycles. The van der Waals surface area contributed by atoms with Gasteiger partial charge < -0.3 is 39.0 Å². The van der Waals surface area contributed by atoms with E-state index < -0.39 is 57.5 Å². The monoisotopic (exact) mass is 796 g/mol. The Morgan fingerprint density at radius 3 is 2.45 bits per heavy atom. The van der Waals surface area contributed by atoms with Crippen LogP contribution in [0.1, 0.15) is 68.8 Å². The second-order valence-electron chi connectivity index (χ2n) is 18.1. The first-order valence-electron chi connectivity index (χ1n) is 20.7. The Morgan fingerprint density at radius 1 is 0.983 bits per heavy atom. The molecule has 13 nitrogen and oxygen atoms in total. The van der Waals surface area contributed by atoms with E-state index in [0.717, 1.165) is 33.4 Å². The lowest BCUT2D eigenvalue weighted by Gasteiger charge is -2.63. The molecule has 1 saturated carbocycles. The van der Waals surface area contributed by atoms with Crippen molar-refractivity contribution < 1.29 is 43.5 Å². The summed E-state index contributed by atoms with van der Waals surface area (Å²) in [6.45, 7) is 8.44. The normalized spacial score (nSPS) is 37.4. The molecule has 310 valence electrons. The lowest BCUT2D eigenvalue weighted by molar-refractivity contribution is -0.228. The quantitative estimate of drug-likeness (QED) is 0.190. The number of likely N-dealkylation sites (N-methyl/N-ethyl adjacent to an activating group) is 1. The van der Waals surface area contributed by atoms with Gasteiger partial charge in [0, 0.05) is 90.9 Å². The number of para-hydroxylation sites is 1. The van der Waals surface area contributed by atoms with Crippen molar-refractivity contribution in [2.45, 2.75) is 93.1 Å². The molecular formula is C45H56N4O9. The van der Waals surface area contributed by atoms with Crippen molar-refractivity contribution >= 4 is 34.5 Å². The number of nitrogens with one attached hydrogen (secondary N) is 1. The summed E-state index contributed by atoms with van der Waals surface area (Å²) in [7, 11) is 6.14. The maximum absolute atomic E-state index is 15.3. The van der Waals surface area contributed by atoms with E-state index in [-0.39, 0.29) is 12.0 Å². The van der Waals surface area contributed by atoms with Crippen LogP contribution in [0.4, 0.5) is 5.69 Å². The minimum atomic E-state index is -2.30. The van der Waals surface area contributed by atoms with Gasteiger partial charge in [-0.1, -0.05) is 37.3 Å². The largest absolute Gasteiger partial charge is 0.496 e. The highest BCUT2D eigenvalue weighted by molar-refractivity contribution is 5.95. The molecule has 0 amide bonds. The van der Waals surface area contributed by atoms with Crippen LogP contribution >= 0.6 is 0 Å². The van der Waals surface area contributed by atoms with E-state index in [1.807, 2.05) is 56.1 Å². The number of rotatable bonds is 6. The molecule has 1 aliphatic carbocycles. The van der Waals surface area contributed by atoms with Crippen LogP contribution in [-0.2, 0) is 45.8 Å². The van der Waals surface area contributed by atoms with Gasteiger partial charge in [0.25, 0.3) is 0 Å². The smallest absolute Gasteiger partial charge is 0.344 e. The molecule has 1 spiro atoms. The number of aliphatic hydroxyl groups is 2. The number of hydrogen-bond acceptors (Lipinski definition) is 12. The maximum atomic E-state index is 15.3. The zero-order valence-electron chi connectivity index (χ0n) is 34.6. The first-order chi connectivity index (χ1) is 27.7. The van der Waals surface area contributed by atoms with E-state index in [9.17, 15) is 19.8 Å².